The van der Waals surface area contributed by atoms with Gasteiger partial charge in [-0.15, -0.1) is 0 Å². The molecule has 0 spiro atoms. The van der Waals surface area contributed by atoms with E-state index in [0.29, 0.717) is 30.2 Å². The first-order valence-electron chi connectivity index (χ1n) is 10.3. The molecule has 0 saturated carbocycles. The van der Waals surface area contributed by atoms with Crippen molar-refractivity contribution in [1.29, 1.82) is 0 Å². The first kappa shape index (κ1) is 20.6. The van der Waals surface area contributed by atoms with E-state index in [0.717, 1.165) is 17.8 Å². The summed E-state index contributed by atoms with van der Waals surface area (Å²) in [6, 6.07) is 25.2. The van der Waals surface area contributed by atoms with Crippen LogP contribution in [0.1, 0.15) is 16.1 Å². The molecular formula is C25H26N4O2. The Balaban J connectivity index is 1.72. The number of benzene rings is 2. The Morgan fingerprint density at radius 2 is 1.65 bits per heavy atom. The lowest BCUT2D eigenvalue weighted by Gasteiger charge is -2.25. The van der Waals surface area contributed by atoms with Crippen LogP contribution in [0.4, 0.5) is 0 Å². The average Bonchev–Trinajstić information content (AvgIpc) is 3.47. The number of amides is 1. The van der Waals surface area contributed by atoms with Gasteiger partial charge in [-0.3, -0.25) is 4.79 Å². The van der Waals surface area contributed by atoms with Gasteiger partial charge in [0.1, 0.15) is 11.4 Å². The molecule has 0 saturated heterocycles. The molecule has 4 aromatic rings. The summed E-state index contributed by atoms with van der Waals surface area (Å²) in [5.41, 5.74) is 3.05. The Morgan fingerprint density at radius 3 is 2.29 bits per heavy atom. The molecule has 0 radical (unpaired) electrons. The van der Waals surface area contributed by atoms with Crippen molar-refractivity contribution in [1.82, 2.24) is 19.6 Å². The summed E-state index contributed by atoms with van der Waals surface area (Å²) in [5, 5.41) is 4.69. The van der Waals surface area contributed by atoms with Gasteiger partial charge in [-0.1, -0.05) is 48.5 Å². The number of aromatic nitrogens is 2. The van der Waals surface area contributed by atoms with Gasteiger partial charge in [-0.25, -0.2) is 4.68 Å². The highest BCUT2D eigenvalue weighted by atomic mass is 16.3. The summed E-state index contributed by atoms with van der Waals surface area (Å²) in [4.78, 5) is 17.7. The molecule has 0 atom stereocenters. The maximum atomic E-state index is 13.8. The van der Waals surface area contributed by atoms with E-state index in [9.17, 15) is 4.79 Å². The van der Waals surface area contributed by atoms with Gasteiger partial charge in [-0.05, 0) is 43.9 Å². The Hall–Kier alpha value is -3.64. The Kier molecular flexibility index (Phi) is 6.29. The van der Waals surface area contributed by atoms with E-state index >= 15 is 0 Å². The van der Waals surface area contributed by atoms with Crippen LogP contribution < -0.4 is 0 Å². The smallest absolute Gasteiger partial charge is 0.272 e. The molecule has 6 nitrogen and oxygen atoms in total. The van der Waals surface area contributed by atoms with Gasteiger partial charge >= 0.3 is 0 Å². The fraction of sp³-hybridized carbons (Fsp3) is 0.200. The van der Waals surface area contributed by atoms with Gasteiger partial charge in [0.15, 0.2) is 5.76 Å². The highest BCUT2D eigenvalue weighted by Gasteiger charge is 2.24. The third-order valence-electron chi connectivity index (χ3n) is 5.02. The molecule has 4 rings (SSSR count). The van der Waals surface area contributed by atoms with Gasteiger partial charge in [0.2, 0.25) is 0 Å². The Labute approximate surface area is 182 Å². The van der Waals surface area contributed by atoms with E-state index in [1.165, 1.54) is 0 Å². The van der Waals surface area contributed by atoms with Crippen molar-refractivity contribution in [3.63, 3.8) is 0 Å². The van der Waals surface area contributed by atoms with Crippen LogP contribution in [-0.4, -0.2) is 52.7 Å². The molecule has 0 N–H and O–H groups in total. The monoisotopic (exact) mass is 414 g/mol. The van der Waals surface area contributed by atoms with Crippen LogP contribution in [-0.2, 0) is 6.54 Å². The van der Waals surface area contributed by atoms with Gasteiger partial charge in [-0.2, -0.15) is 5.10 Å². The number of rotatable bonds is 8. The molecule has 0 bridgehead atoms. The van der Waals surface area contributed by atoms with Crippen molar-refractivity contribution in [3.8, 4) is 17.1 Å². The second kappa shape index (κ2) is 9.45. The summed E-state index contributed by atoms with van der Waals surface area (Å²) < 4.78 is 7.23. The Morgan fingerprint density at radius 1 is 0.935 bits per heavy atom. The predicted octanol–water partition coefficient (Wildman–Crippen LogP) is 4.34. The minimum absolute atomic E-state index is 0.0696. The predicted molar refractivity (Wildman–Crippen MR) is 121 cm³/mol. The fourth-order valence-corrected chi connectivity index (χ4v) is 3.38. The number of para-hydroxylation sites is 1. The first-order valence-corrected chi connectivity index (χ1v) is 10.3. The zero-order valence-electron chi connectivity index (χ0n) is 17.8. The zero-order valence-corrected chi connectivity index (χ0v) is 17.8. The quantitative estimate of drug-likeness (QED) is 0.430. The minimum atomic E-state index is -0.0696. The van der Waals surface area contributed by atoms with E-state index < -0.39 is 0 Å². The number of likely N-dealkylation sites (N-methyl/N-ethyl adjacent to an activating group) is 1. The number of hydrogen-bond donors (Lipinski definition) is 0. The Bertz CT molecular complexity index is 1100. The van der Waals surface area contributed by atoms with E-state index in [4.69, 9.17) is 9.52 Å². The van der Waals surface area contributed by atoms with Crippen LogP contribution in [0, 0.1) is 0 Å². The number of furan rings is 1. The van der Waals surface area contributed by atoms with Gasteiger partial charge in [0.25, 0.3) is 5.91 Å². The van der Waals surface area contributed by atoms with Gasteiger partial charge in [0.05, 0.1) is 12.0 Å². The van der Waals surface area contributed by atoms with Crippen molar-refractivity contribution < 1.29 is 9.21 Å². The lowest BCUT2D eigenvalue weighted by Crippen LogP contribution is -2.37. The largest absolute Gasteiger partial charge is 0.463 e. The molecule has 2 heterocycles. The summed E-state index contributed by atoms with van der Waals surface area (Å²) in [6.07, 6.45) is 1.61. The molecule has 158 valence electrons. The third kappa shape index (κ3) is 4.92. The SMILES string of the molecule is CN(C)CCN(Cc1ccccc1)C(=O)c1cc(-c2ccco2)nn1-c1ccccc1. The second-order valence-electron chi connectivity index (χ2n) is 7.66. The normalized spacial score (nSPS) is 11.1. The summed E-state index contributed by atoms with van der Waals surface area (Å²) in [7, 11) is 4.02. The highest BCUT2D eigenvalue weighted by Crippen LogP contribution is 2.23. The second-order valence-corrected chi connectivity index (χ2v) is 7.66. The molecule has 2 aromatic heterocycles. The van der Waals surface area contributed by atoms with Crippen LogP contribution in [0.3, 0.4) is 0 Å². The highest BCUT2D eigenvalue weighted by molar-refractivity contribution is 5.94. The van der Waals surface area contributed by atoms with Gasteiger partial charge in [0, 0.05) is 25.7 Å². The molecule has 0 aliphatic rings. The van der Waals surface area contributed by atoms with Crippen LogP contribution in [0.2, 0.25) is 0 Å². The molecule has 1 amide bonds. The lowest BCUT2D eigenvalue weighted by atomic mass is 10.2. The molecule has 0 fully saturated rings. The van der Waals surface area contributed by atoms with Crippen LogP contribution in [0.5, 0.6) is 0 Å². The van der Waals surface area contributed by atoms with Crippen molar-refractivity contribution in [3.05, 3.63) is 96.4 Å². The lowest BCUT2D eigenvalue weighted by molar-refractivity contribution is 0.0722. The first-order chi connectivity index (χ1) is 15.1. The fourth-order valence-electron chi connectivity index (χ4n) is 3.38. The van der Waals surface area contributed by atoms with E-state index in [1.807, 2.05) is 97.9 Å². The molecule has 0 aliphatic heterocycles. The maximum absolute atomic E-state index is 13.8. The molecule has 6 heteroatoms. The zero-order chi connectivity index (χ0) is 21.6. The topological polar surface area (TPSA) is 54.5 Å². The molecule has 0 unspecified atom stereocenters. The van der Waals surface area contributed by atoms with Crippen LogP contribution >= 0.6 is 0 Å². The summed E-state index contributed by atoms with van der Waals surface area (Å²) in [5.74, 6) is 0.562. The van der Waals surface area contributed by atoms with Crippen molar-refractivity contribution >= 4 is 5.91 Å². The molecule has 31 heavy (non-hydrogen) atoms. The van der Waals surface area contributed by atoms with Gasteiger partial charge < -0.3 is 14.2 Å². The maximum Gasteiger partial charge on any atom is 0.272 e. The molecular weight excluding hydrogens is 388 g/mol. The van der Waals surface area contributed by atoms with E-state index in [1.54, 1.807) is 10.9 Å². The molecule has 2 aromatic carbocycles. The summed E-state index contributed by atoms with van der Waals surface area (Å²) in [6.45, 7) is 1.91. The minimum Gasteiger partial charge on any atom is -0.463 e. The molecule has 0 aliphatic carbocycles. The van der Waals surface area contributed by atoms with E-state index in [-0.39, 0.29) is 5.91 Å². The third-order valence-corrected chi connectivity index (χ3v) is 5.02. The van der Waals surface area contributed by atoms with Crippen molar-refractivity contribution in [2.75, 3.05) is 27.2 Å². The average molecular weight is 415 g/mol. The number of nitrogens with zero attached hydrogens (tertiary/aromatic N) is 4. The van der Waals surface area contributed by atoms with E-state index in [2.05, 4.69) is 4.90 Å². The summed E-state index contributed by atoms with van der Waals surface area (Å²) >= 11 is 0. The number of hydrogen-bond acceptors (Lipinski definition) is 4. The van der Waals surface area contributed by atoms with Crippen molar-refractivity contribution in [2.45, 2.75) is 6.54 Å². The van der Waals surface area contributed by atoms with Crippen LogP contribution in [0.15, 0.2) is 89.5 Å². The van der Waals surface area contributed by atoms with Crippen molar-refractivity contribution in [2.24, 2.45) is 0 Å². The standard InChI is InChI=1S/C25H26N4O2/c1-27(2)15-16-28(19-20-10-5-3-6-11-20)25(30)23-18-22(24-14-9-17-31-24)26-29(23)21-12-7-4-8-13-21/h3-14,17-18H,15-16,19H2,1-2H3. The van der Waals surface area contributed by atoms with Crippen LogP contribution in [0.25, 0.3) is 17.1 Å². The number of carbonyl (C=O) groups excluding carboxylic acids is 1. The number of carbonyl (C=O) groups is 1.